The summed E-state index contributed by atoms with van der Waals surface area (Å²) in [4.78, 5) is 0. The van der Waals surface area contributed by atoms with Crippen molar-refractivity contribution < 1.29 is 13.3 Å². The van der Waals surface area contributed by atoms with Gasteiger partial charge >= 0.3 is 8.80 Å². The van der Waals surface area contributed by atoms with Crippen LogP contribution in [0.2, 0.25) is 6.04 Å². The molecule has 0 amide bonds. The van der Waals surface area contributed by atoms with Crippen molar-refractivity contribution in [3.05, 3.63) is 0 Å². The van der Waals surface area contributed by atoms with Gasteiger partial charge in [-0.2, -0.15) is 0 Å². The zero-order valence-electron chi connectivity index (χ0n) is 10.3. The fraction of sp³-hybridized carbons (Fsp3) is 1.00. The van der Waals surface area contributed by atoms with Gasteiger partial charge in [0.2, 0.25) is 0 Å². The third-order valence-electron chi connectivity index (χ3n) is 1.97. The standard InChI is InChI=1S/C9H23O3PS2Si/c1-4-10-16(11-5-2,12-6-3)9-7-8-13(14)15/h13H,4-9H2,1-3H3,(H,14,15). The number of thiol groups is 1. The van der Waals surface area contributed by atoms with E-state index in [4.69, 9.17) is 25.1 Å². The van der Waals surface area contributed by atoms with Crippen molar-refractivity contribution in [3.8, 4) is 0 Å². The summed E-state index contributed by atoms with van der Waals surface area (Å²) in [6, 6.07) is 0.855. The highest BCUT2D eigenvalue weighted by Gasteiger charge is 2.39. The third-order valence-corrected chi connectivity index (χ3v) is 7.18. The Kier molecular flexibility index (Phi) is 10.7. The molecule has 0 N–H and O–H groups in total. The van der Waals surface area contributed by atoms with Gasteiger partial charge in [-0.25, -0.2) is 0 Å². The lowest BCUT2D eigenvalue weighted by Crippen LogP contribution is -2.46. The molecule has 0 spiro atoms. The van der Waals surface area contributed by atoms with E-state index in [0.717, 1.165) is 18.6 Å². The van der Waals surface area contributed by atoms with Crippen LogP contribution < -0.4 is 0 Å². The molecule has 98 valence electrons. The second-order valence-electron chi connectivity index (χ2n) is 3.23. The minimum absolute atomic E-state index is 0.638. The van der Waals surface area contributed by atoms with E-state index in [1.165, 1.54) is 0 Å². The van der Waals surface area contributed by atoms with Crippen molar-refractivity contribution >= 4 is 38.8 Å². The van der Waals surface area contributed by atoms with Gasteiger partial charge < -0.3 is 13.3 Å². The lowest BCUT2D eigenvalue weighted by molar-refractivity contribution is 0.0712. The van der Waals surface area contributed by atoms with Gasteiger partial charge in [0.25, 0.3) is 0 Å². The minimum atomic E-state index is -2.43. The van der Waals surface area contributed by atoms with E-state index in [2.05, 4.69) is 12.2 Å². The monoisotopic (exact) mass is 302 g/mol. The van der Waals surface area contributed by atoms with E-state index in [1.807, 2.05) is 20.8 Å². The predicted molar refractivity (Wildman–Crippen MR) is 79.6 cm³/mol. The minimum Gasteiger partial charge on any atom is -0.374 e. The molecule has 0 aromatic heterocycles. The second-order valence-corrected chi connectivity index (χ2v) is 11.3. The van der Waals surface area contributed by atoms with Gasteiger partial charge in [-0.3, -0.25) is 0 Å². The molecule has 0 fully saturated rings. The molecule has 0 bridgehead atoms. The van der Waals surface area contributed by atoms with E-state index in [-0.39, 0.29) is 0 Å². The molecule has 1 unspecified atom stereocenters. The van der Waals surface area contributed by atoms with Crippen molar-refractivity contribution in [2.45, 2.75) is 33.2 Å². The van der Waals surface area contributed by atoms with Crippen LogP contribution >= 0.6 is 18.1 Å². The Bertz CT molecular complexity index is 190. The molecule has 0 saturated carbocycles. The van der Waals surface area contributed by atoms with Crippen LogP contribution in [-0.2, 0) is 25.1 Å². The maximum absolute atomic E-state index is 5.74. The van der Waals surface area contributed by atoms with E-state index >= 15 is 0 Å². The van der Waals surface area contributed by atoms with Crippen LogP contribution in [0, 0.1) is 0 Å². The van der Waals surface area contributed by atoms with Crippen LogP contribution in [0.25, 0.3) is 0 Å². The SMILES string of the molecule is CCO[Si](CCC[PH](=S)S)(OCC)OCC. The topological polar surface area (TPSA) is 27.7 Å². The Morgan fingerprint density at radius 2 is 1.50 bits per heavy atom. The summed E-state index contributed by atoms with van der Waals surface area (Å²) in [6.45, 7) is 7.83. The Morgan fingerprint density at radius 1 is 1.06 bits per heavy atom. The van der Waals surface area contributed by atoms with Crippen molar-refractivity contribution in [1.82, 2.24) is 0 Å². The molecule has 16 heavy (non-hydrogen) atoms. The highest BCUT2D eigenvalue weighted by atomic mass is 32.9. The highest BCUT2D eigenvalue weighted by molar-refractivity contribution is 8.56. The van der Waals surface area contributed by atoms with Gasteiger partial charge in [0.1, 0.15) is 0 Å². The Hall–Kier alpha value is 1.10. The molecule has 3 nitrogen and oxygen atoms in total. The maximum atomic E-state index is 5.74. The number of hydrogen-bond donors (Lipinski definition) is 1. The van der Waals surface area contributed by atoms with Crippen LogP contribution in [0.3, 0.4) is 0 Å². The van der Waals surface area contributed by atoms with Crippen molar-refractivity contribution in [2.75, 3.05) is 26.0 Å². The third kappa shape index (κ3) is 7.43. The Balaban J connectivity index is 4.28. The van der Waals surface area contributed by atoms with Crippen LogP contribution in [0.5, 0.6) is 0 Å². The van der Waals surface area contributed by atoms with Crippen molar-refractivity contribution in [1.29, 1.82) is 0 Å². The molecule has 0 radical (unpaired) electrons. The predicted octanol–water partition coefficient (Wildman–Crippen LogP) is 2.95. The number of hydrogen-bond acceptors (Lipinski definition) is 4. The Labute approximate surface area is 111 Å². The van der Waals surface area contributed by atoms with Gasteiger partial charge in [-0.1, -0.05) is 11.8 Å². The first-order valence-electron chi connectivity index (χ1n) is 5.73. The van der Waals surface area contributed by atoms with E-state index in [9.17, 15) is 0 Å². The normalized spacial score (nSPS) is 14.0. The quantitative estimate of drug-likeness (QED) is 0.381. The largest absolute Gasteiger partial charge is 0.500 e. The molecule has 0 rings (SSSR count). The van der Waals surface area contributed by atoms with Crippen LogP contribution in [0.1, 0.15) is 27.2 Å². The highest BCUT2D eigenvalue weighted by Crippen LogP contribution is 2.29. The smallest absolute Gasteiger partial charge is 0.374 e. The molecule has 0 heterocycles. The molecule has 0 aliphatic heterocycles. The van der Waals surface area contributed by atoms with Crippen LogP contribution in [0.4, 0.5) is 0 Å². The summed E-state index contributed by atoms with van der Waals surface area (Å²) in [5, 5.41) is 0. The maximum Gasteiger partial charge on any atom is 0.500 e. The van der Waals surface area contributed by atoms with E-state index in [1.54, 1.807) is 0 Å². The summed E-state index contributed by atoms with van der Waals surface area (Å²) < 4.78 is 17.2. The van der Waals surface area contributed by atoms with E-state index < -0.39 is 14.7 Å². The summed E-state index contributed by atoms with van der Waals surface area (Å²) in [5.41, 5.74) is 0. The van der Waals surface area contributed by atoms with Crippen LogP contribution in [-0.4, -0.2) is 34.8 Å². The molecular formula is C9H23O3PS2Si. The van der Waals surface area contributed by atoms with Gasteiger partial charge in [0.05, 0.1) is 0 Å². The first kappa shape index (κ1) is 17.1. The Morgan fingerprint density at radius 3 is 1.81 bits per heavy atom. The molecular weight excluding hydrogens is 279 g/mol. The van der Waals surface area contributed by atoms with Crippen LogP contribution in [0.15, 0.2) is 0 Å². The zero-order valence-corrected chi connectivity index (χ0v) is 14.0. The van der Waals surface area contributed by atoms with Gasteiger partial charge in [-0.05, 0) is 39.3 Å². The summed E-state index contributed by atoms with van der Waals surface area (Å²) in [6.07, 6.45) is 1.98. The second kappa shape index (κ2) is 10.1. The van der Waals surface area contributed by atoms with E-state index in [0.29, 0.717) is 19.8 Å². The van der Waals surface area contributed by atoms with Crippen molar-refractivity contribution in [2.24, 2.45) is 0 Å². The lowest BCUT2D eigenvalue weighted by atomic mass is 10.6. The summed E-state index contributed by atoms with van der Waals surface area (Å²) in [7, 11) is -2.43. The fourth-order valence-corrected chi connectivity index (χ4v) is 5.81. The van der Waals surface area contributed by atoms with Gasteiger partial charge in [0, 0.05) is 25.9 Å². The molecule has 7 heteroatoms. The van der Waals surface area contributed by atoms with Gasteiger partial charge in [0.15, 0.2) is 0 Å². The summed E-state index contributed by atoms with van der Waals surface area (Å²) in [5.74, 6) is -0.867. The average molecular weight is 302 g/mol. The fourth-order valence-electron chi connectivity index (χ4n) is 1.46. The van der Waals surface area contributed by atoms with Crippen molar-refractivity contribution in [3.63, 3.8) is 0 Å². The van der Waals surface area contributed by atoms with Gasteiger partial charge in [-0.15, -0.1) is 12.2 Å². The summed E-state index contributed by atoms with van der Waals surface area (Å²) >= 11 is 9.41. The molecule has 0 aliphatic rings. The first-order valence-corrected chi connectivity index (χ1v) is 11.8. The zero-order chi connectivity index (χ0) is 12.4. The molecule has 0 aliphatic carbocycles. The molecule has 0 aromatic rings. The molecule has 1 atom stereocenters. The first-order chi connectivity index (χ1) is 7.60. The molecule has 0 saturated heterocycles. The molecule has 0 aromatic carbocycles. The lowest BCUT2D eigenvalue weighted by Gasteiger charge is -2.28. The average Bonchev–Trinajstić information content (AvgIpc) is 2.18. The number of rotatable bonds is 10.